The summed E-state index contributed by atoms with van der Waals surface area (Å²) in [4.78, 5) is 12.0. The molecule has 0 fully saturated rings. The first-order valence-corrected chi connectivity index (χ1v) is 6.97. The molecule has 2 aromatic rings. The average Bonchev–Trinajstić information content (AvgIpc) is 2.46. The Labute approximate surface area is 128 Å². The number of nitrogens with two attached hydrogens (primary N) is 1. The first-order valence-electron chi connectivity index (χ1n) is 6.59. The van der Waals surface area contributed by atoms with Gasteiger partial charge in [0.2, 0.25) is 0 Å². The molecular weight excluding hydrogens is 288 g/mol. The zero-order valence-electron chi connectivity index (χ0n) is 11.7. The molecule has 21 heavy (non-hydrogen) atoms. The van der Waals surface area contributed by atoms with Gasteiger partial charge in [-0.05, 0) is 42.8 Å². The van der Waals surface area contributed by atoms with Gasteiger partial charge in [0.05, 0.1) is 12.1 Å². The molecule has 3 N–H and O–H groups in total. The number of rotatable bonds is 5. The molecule has 2 rings (SSSR count). The Morgan fingerprint density at radius 3 is 2.86 bits per heavy atom. The average molecular weight is 305 g/mol. The van der Waals surface area contributed by atoms with Gasteiger partial charge >= 0.3 is 0 Å². The molecule has 0 saturated heterocycles. The van der Waals surface area contributed by atoms with Crippen molar-refractivity contribution in [1.82, 2.24) is 5.32 Å². The normalized spacial score (nSPS) is 10.2. The van der Waals surface area contributed by atoms with Crippen LogP contribution < -0.4 is 15.8 Å². The lowest BCUT2D eigenvalue weighted by Crippen LogP contribution is -2.28. The minimum atomic E-state index is -0.261. The molecule has 0 spiro atoms. The van der Waals surface area contributed by atoms with Gasteiger partial charge in [0, 0.05) is 10.7 Å². The van der Waals surface area contributed by atoms with Crippen LogP contribution in [0, 0.1) is 6.92 Å². The first kappa shape index (κ1) is 15.2. The molecule has 0 aromatic heterocycles. The smallest absolute Gasteiger partial charge is 0.253 e. The van der Waals surface area contributed by atoms with Crippen LogP contribution in [0.15, 0.2) is 42.5 Å². The van der Waals surface area contributed by atoms with Gasteiger partial charge < -0.3 is 15.8 Å². The number of hydrogen-bond donors (Lipinski definition) is 2. The molecule has 0 atom stereocenters. The third-order valence-electron chi connectivity index (χ3n) is 2.91. The number of benzene rings is 2. The van der Waals surface area contributed by atoms with Crippen LogP contribution in [-0.4, -0.2) is 19.1 Å². The van der Waals surface area contributed by atoms with Gasteiger partial charge in [0.15, 0.2) is 0 Å². The molecular formula is C16H17ClN2O2. The summed E-state index contributed by atoms with van der Waals surface area (Å²) in [5, 5.41) is 3.23. The van der Waals surface area contributed by atoms with E-state index in [1.54, 1.807) is 18.2 Å². The van der Waals surface area contributed by atoms with Crippen LogP contribution in [-0.2, 0) is 0 Å². The number of amides is 1. The number of halogens is 1. The number of anilines is 1. The summed E-state index contributed by atoms with van der Waals surface area (Å²) in [6, 6.07) is 12.6. The molecule has 2 aromatic carbocycles. The number of nitrogen functional groups attached to an aromatic ring is 1. The third-order valence-corrected chi connectivity index (χ3v) is 3.14. The fourth-order valence-corrected chi connectivity index (χ4v) is 2.03. The second-order valence-electron chi connectivity index (χ2n) is 4.65. The second kappa shape index (κ2) is 6.99. The molecule has 0 aliphatic carbocycles. The van der Waals surface area contributed by atoms with E-state index >= 15 is 0 Å². The van der Waals surface area contributed by atoms with Crippen LogP contribution in [0.25, 0.3) is 0 Å². The predicted molar refractivity (Wildman–Crippen MR) is 84.9 cm³/mol. The van der Waals surface area contributed by atoms with E-state index in [4.69, 9.17) is 22.1 Å². The number of hydrogen-bond acceptors (Lipinski definition) is 3. The molecule has 0 heterocycles. The number of ether oxygens (including phenoxy) is 1. The Kier molecular flexibility index (Phi) is 5.06. The van der Waals surface area contributed by atoms with Gasteiger partial charge in [-0.2, -0.15) is 0 Å². The second-order valence-corrected chi connectivity index (χ2v) is 5.09. The number of carbonyl (C=O) groups is 1. The van der Waals surface area contributed by atoms with Crippen molar-refractivity contribution in [1.29, 1.82) is 0 Å². The van der Waals surface area contributed by atoms with Crippen LogP contribution in [0.4, 0.5) is 5.69 Å². The Balaban J connectivity index is 1.83. The molecule has 5 heteroatoms. The van der Waals surface area contributed by atoms with Crippen molar-refractivity contribution in [3.05, 3.63) is 58.6 Å². The maximum Gasteiger partial charge on any atom is 0.253 e. The Bertz CT molecular complexity index is 644. The fourth-order valence-electron chi connectivity index (χ4n) is 1.86. The van der Waals surface area contributed by atoms with Gasteiger partial charge in [0.25, 0.3) is 5.91 Å². The molecule has 1 amide bonds. The van der Waals surface area contributed by atoms with Gasteiger partial charge in [0.1, 0.15) is 12.4 Å². The SMILES string of the molecule is Cc1cccc(OCCNC(=O)c2cc(Cl)ccc2N)c1. The largest absolute Gasteiger partial charge is 0.492 e. The van der Waals surface area contributed by atoms with Crippen molar-refractivity contribution in [2.75, 3.05) is 18.9 Å². The summed E-state index contributed by atoms with van der Waals surface area (Å²) in [5.74, 6) is 0.523. The third kappa shape index (κ3) is 4.39. The topological polar surface area (TPSA) is 64.3 Å². The van der Waals surface area contributed by atoms with E-state index in [1.165, 1.54) is 0 Å². The van der Waals surface area contributed by atoms with Gasteiger partial charge in [-0.15, -0.1) is 0 Å². The maximum atomic E-state index is 12.0. The highest BCUT2D eigenvalue weighted by Crippen LogP contribution is 2.17. The Morgan fingerprint density at radius 1 is 1.29 bits per heavy atom. The van der Waals surface area contributed by atoms with Crippen molar-refractivity contribution in [3.8, 4) is 5.75 Å². The maximum absolute atomic E-state index is 12.0. The number of carbonyl (C=O) groups excluding carboxylic acids is 1. The van der Waals surface area contributed by atoms with E-state index in [0.717, 1.165) is 11.3 Å². The van der Waals surface area contributed by atoms with E-state index in [-0.39, 0.29) is 5.91 Å². The monoisotopic (exact) mass is 304 g/mol. The molecule has 0 aliphatic heterocycles. The van der Waals surface area contributed by atoms with E-state index in [2.05, 4.69) is 5.32 Å². The molecule has 0 radical (unpaired) electrons. The quantitative estimate of drug-likeness (QED) is 0.659. The summed E-state index contributed by atoms with van der Waals surface area (Å²) in [6.45, 7) is 2.77. The first-order chi connectivity index (χ1) is 10.1. The predicted octanol–water partition coefficient (Wildman–Crippen LogP) is 3.04. The van der Waals surface area contributed by atoms with Crippen LogP contribution in [0.2, 0.25) is 5.02 Å². The summed E-state index contributed by atoms with van der Waals surface area (Å²) in [5.41, 5.74) is 7.65. The minimum absolute atomic E-state index is 0.261. The van der Waals surface area contributed by atoms with Crippen molar-refractivity contribution in [2.45, 2.75) is 6.92 Å². The number of aryl methyl sites for hydroxylation is 1. The lowest BCUT2D eigenvalue weighted by Gasteiger charge is -2.09. The van der Waals surface area contributed by atoms with Gasteiger partial charge in [-0.3, -0.25) is 4.79 Å². The molecule has 4 nitrogen and oxygen atoms in total. The van der Waals surface area contributed by atoms with Crippen LogP contribution in [0.1, 0.15) is 15.9 Å². The highest BCUT2D eigenvalue weighted by molar-refractivity contribution is 6.31. The summed E-state index contributed by atoms with van der Waals surface area (Å²) in [7, 11) is 0. The van der Waals surface area contributed by atoms with E-state index < -0.39 is 0 Å². The zero-order chi connectivity index (χ0) is 15.2. The highest BCUT2D eigenvalue weighted by Gasteiger charge is 2.09. The minimum Gasteiger partial charge on any atom is -0.492 e. The zero-order valence-corrected chi connectivity index (χ0v) is 12.5. The Hall–Kier alpha value is -2.20. The van der Waals surface area contributed by atoms with E-state index in [9.17, 15) is 4.79 Å². The molecule has 0 bridgehead atoms. The van der Waals surface area contributed by atoms with Crippen LogP contribution in [0.5, 0.6) is 5.75 Å². The number of nitrogens with one attached hydrogen (secondary N) is 1. The standard InChI is InChI=1S/C16H17ClN2O2/c1-11-3-2-4-13(9-11)21-8-7-19-16(20)14-10-12(17)5-6-15(14)18/h2-6,9-10H,7-8,18H2,1H3,(H,19,20). The van der Waals surface area contributed by atoms with Crippen molar-refractivity contribution in [2.24, 2.45) is 0 Å². The fraction of sp³-hybridized carbons (Fsp3) is 0.188. The summed E-state index contributed by atoms with van der Waals surface area (Å²) < 4.78 is 5.56. The van der Waals surface area contributed by atoms with E-state index in [1.807, 2.05) is 31.2 Å². The molecule has 0 unspecified atom stereocenters. The Morgan fingerprint density at radius 2 is 2.10 bits per heavy atom. The molecule has 0 saturated carbocycles. The summed E-state index contributed by atoms with van der Waals surface area (Å²) in [6.07, 6.45) is 0. The van der Waals surface area contributed by atoms with Gasteiger partial charge in [-0.25, -0.2) is 0 Å². The van der Waals surface area contributed by atoms with Crippen molar-refractivity contribution in [3.63, 3.8) is 0 Å². The molecule has 110 valence electrons. The van der Waals surface area contributed by atoms with Crippen molar-refractivity contribution >= 4 is 23.2 Å². The molecule has 0 aliphatic rings. The lowest BCUT2D eigenvalue weighted by atomic mass is 10.1. The van der Waals surface area contributed by atoms with Crippen LogP contribution in [0.3, 0.4) is 0 Å². The summed E-state index contributed by atoms with van der Waals surface area (Å²) >= 11 is 5.86. The van der Waals surface area contributed by atoms with E-state index in [0.29, 0.717) is 29.4 Å². The van der Waals surface area contributed by atoms with Crippen LogP contribution >= 0.6 is 11.6 Å². The highest BCUT2D eigenvalue weighted by atomic mass is 35.5. The van der Waals surface area contributed by atoms with Crippen molar-refractivity contribution < 1.29 is 9.53 Å². The van der Waals surface area contributed by atoms with Gasteiger partial charge in [-0.1, -0.05) is 23.7 Å². The lowest BCUT2D eigenvalue weighted by molar-refractivity contribution is 0.0948.